The van der Waals surface area contributed by atoms with Crippen molar-refractivity contribution in [2.45, 2.75) is 18.0 Å². The molecule has 1 unspecified atom stereocenters. The molecular weight excluding hydrogens is 243 g/mol. The highest BCUT2D eigenvalue weighted by molar-refractivity contribution is 5.46. The van der Waals surface area contributed by atoms with Crippen LogP contribution in [0.2, 0.25) is 0 Å². The third kappa shape index (κ3) is 1.50. The summed E-state index contributed by atoms with van der Waals surface area (Å²) in [5.41, 5.74) is 0.00477. The van der Waals surface area contributed by atoms with E-state index in [9.17, 15) is 9.50 Å². The molecule has 3 rings (SSSR count). The Labute approximate surface area is 103 Å². The molecule has 2 aliphatic rings. The minimum Gasteiger partial charge on any atom is -0.493 e. The molecule has 2 saturated heterocycles. The molecule has 0 bridgehead atoms. The van der Waals surface area contributed by atoms with Crippen LogP contribution in [0.1, 0.15) is 5.56 Å². The Morgan fingerprint density at radius 3 is 2.50 bits per heavy atom. The van der Waals surface area contributed by atoms with Crippen LogP contribution in [0.5, 0.6) is 11.5 Å². The summed E-state index contributed by atoms with van der Waals surface area (Å²) in [6.07, 6.45) is -0.660. The third-order valence-electron chi connectivity index (χ3n) is 3.29. The molecule has 98 valence electrons. The zero-order chi connectivity index (χ0) is 12.9. The molecule has 0 aliphatic carbocycles. The number of rotatable bonds is 3. The van der Waals surface area contributed by atoms with Gasteiger partial charge in [0.25, 0.3) is 0 Å². The summed E-state index contributed by atoms with van der Waals surface area (Å²) in [4.78, 5) is 0. The Kier molecular flexibility index (Phi) is 2.48. The van der Waals surface area contributed by atoms with Crippen molar-refractivity contribution in [1.82, 2.24) is 0 Å². The average molecular weight is 256 g/mol. The molecule has 0 saturated carbocycles. The van der Waals surface area contributed by atoms with E-state index >= 15 is 0 Å². The lowest BCUT2D eigenvalue weighted by molar-refractivity contribution is -0.217. The van der Waals surface area contributed by atoms with Crippen LogP contribution in [0.3, 0.4) is 0 Å². The number of halogens is 1. The number of benzene rings is 1. The van der Waals surface area contributed by atoms with Gasteiger partial charge in [-0.1, -0.05) is 0 Å². The first kappa shape index (κ1) is 11.7. The predicted molar refractivity (Wildman–Crippen MR) is 58.0 cm³/mol. The number of fused-ring (bicyclic) bond motifs is 1. The standard InChI is InChI=1S/C12H13FO5/c1-15-8-3-6(7(13)4-9(8)16-2)12(14)11-10(18-11)5-17-12/h3-4,10-11,14H,5H2,1-2H3/t10-,11-,12?/m1/s1. The highest BCUT2D eigenvalue weighted by atomic mass is 19.1. The van der Waals surface area contributed by atoms with Crippen molar-refractivity contribution < 1.29 is 28.4 Å². The normalized spacial score (nSPS) is 33.1. The lowest BCUT2D eigenvalue weighted by Crippen LogP contribution is -2.33. The minimum absolute atomic E-state index is 0.00477. The van der Waals surface area contributed by atoms with E-state index in [1.807, 2.05) is 0 Å². The number of hydrogen-bond donors (Lipinski definition) is 1. The van der Waals surface area contributed by atoms with Crippen molar-refractivity contribution in [3.8, 4) is 11.5 Å². The summed E-state index contributed by atoms with van der Waals surface area (Å²) in [5.74, 6) is -1.77. The van der Waals surface area contributed by atoms with E-state index in [1.54, 1.807) is 0 Å². The van der Waals surface area contributed by atoms with Gasteiger partial charge in [0, 0.05) is 6.07 Å². The Balaban J connectivity index is 2.06. The topological polar surface area (TPSA) is 60.5 Å². The Bertz CT molecular complexity index is 492. The summed E-state index contributed by atoms with van der Waals surface area (Å²) in [5, 5.41) is 10.4. The fourth-order valence-electron chi connectivity index (χ4n) is 2.26. The van der Waals surface area contributed by atoms with Crippen LogP contribution in [-0.4, -0.2) is 38.1 Å². The van der Waals surface area contributed by atoms with E-state index in [1.165, 1.54) is 20.3 Å². The Hall–Kier alpha value is -1.37. The molecule has 1 aromatic rings. The van der Waals surface area contributed by atoms with E-state index in [4.69, 9.17) is 18.9 Å². The quantitative estimate of drug-likeness (QED) is 0.810. The molecule has 2 aliphatic heterocycles. The van der Waals surface area contributed by atoms with Crippen LogP contribution < -0.4 is 9.47 Å². The molecular formula is C12H13FO5. The Morgan fingerprint density at radius 1 is 1.33 bits per heavy atom. The number of methoxy groups -OCH3 is 2. The summed E-state index contributed by atoms with van der Waals surface area (Å²) in [7, 11) is 2.85. The lowest BCUT2D eigenvalue weighted by atomic mass is 10.0. The van der Waals surface area contributed by atoms with Crippen molar-refractivity contribution in [2.75, 3.05) is 20.8 Å². The van der Waals surface area contributed by atoms with Gasteiger partial charge in [-0.3, -0.25) is 0 Å². The maximum atomic E-state index is 14.0. The fraction of sp³-hybridized carbons (Fsp3) is 0.500. The van der Waals surface area contributed by atoms with Crippen molar-refractivity contribution in [3.05, 3.63) is 23.5 Å². The van der Waals surface area contributed by atoms with Gasteiger partial charge < -0.3 is 24.1 Å². The van der Waals surface area contributed by atoms with Gasteiger partial charge >= 0.3 is 0 Å². The average Bonchev–Trinajstić information content (AvgIpc) is 3.09. The van der Waals surface area contributed by atoms with Crippen LogP contribution in [-0.2, 0) is 15.3 Å². The predicted octanol–water partition coefficient (Wildman–Crippen LogP) is 0.786. The molecule has 3 atom stereocenters. The van der Waals surface area contributed by atoms with Gasteiger partial charge in [-0.2, -0.15) is 0 Å². The van der Waals surface area contributed by atoms with Gasteiger partial charge in [0.1, 0.15) is 18.0 Å². The SMILES string of the molecule is COc1cc(F)c(C2(O)OC[C@H]3O[C@H]32)cc1OC. The molecule has 1 aromatic carbocycles. The van der Waals surface area contributed by atoms with Crippen molar-refractivity contribution >= 4 is 0 Å². The van der Waals surface area contributed by atoms with E-state index in [0.29, 0.717) is 5.75 Å². The van der Waals surface area contributed by atoms with Gasteiger partial charge in [0.05, 0.1) is 26.4 Å². The second-order valence-electron chi connectivity index (χ2n) is 4.29. The van der Waals surface area contributed by atoms with E-state index in [0.717, 1.165) is 6.07 Å². The van der Waals surface area contributed by atoms with E-state index < -0.39 is 17.7 Å². The second-order valence-corrected chi connectivity index (χ2v) is 4.29. The van der Waals surface area contributed by atoms with Gasteiger partial charge in [-0.05, 0) is 6.07 Å². The highest BCUT2D eigenvalue weighted by Gasteiger charge is 2.63. The molecule has 0 spiro atoms. The van der Waals surface area contributed by atoms with Gasteiger partial charge in [-0.25, -0.2) is 4.39 Å². The molecule has 2 fully saturated rings. The largest absolute Gasteiger partial charge is 0.493 e. The van der Waals surface area contributed by atoms with E-state index in [2.05, 4.69) is 0 Å². The number of ether oxygens (including phenoxy) is 4. The maximum Gasteiger partial charge on any atom is 0.225 e. The molecule has 1 N–H and O–H groups in total. The summed E-state index contributed by atoms with van der Waals surface area (Å²) in [6.45, 7) is 0.259. The van der Waals surface area contributed by atoms with Crippen LogP contribution in [0, 0.1) is 5.82 Å². The maximum absolute atomic E-state index is 14.0. The molecule has 5 nitrogen and oxygen atoms in total. The van der Waals surface area contributed by atoms with Gasteiger partial charge in [0.2, 0.25) is 5.79 Å². The molecule has 2 heterocycles. The summed E-state index contributed by atoms with van der Waals surface area (Å²) < 4.78 is 34.5. The van der Waals surface area contributed by atoms with Crippen molar-refractivity contribution in [3.63, 3.8) is 0 Å². The van der Waals surface area contributed by atoms with Crippen LogP contribution in [0.4, 0.5) is 4.39 Å². The first-order valence-electron chi connectivity index (χ1n) is 5.54. The van der Waals surface area contributed by atoms with Gasteiger partial charge in [-0.15, -0.1) is 0 Å². The fourth-order valence-corrected chi connectivity index (χ4v) is 2.26. The molecule has 6 heteroatoms. The minimum atomic E-state index is -1.74. The van der Waals surface area contributed by atoms with Crippen molar-refractivity contribution in [2.24, 2.45) is 0 Å². The molecule has 0 radical (unpaired) electrons. The smallest absolute Gasteiger partial charge is 0.225 e. The summed E-state index contributed by atoms with van der Waals surface area (Å²) in [6, 6.07) is 2.53. The van der Waals surface area contributed by atoms with Crippen molar-refractivity contribution in [1.29, 1.82) is 0 Å². The third-order valence-corrected chi connectivity index (χ3v) is 3.29. The number of epoxide rings is 1. The Morgan fingerprint density at radius 2 is 2.00 bits per heavy atom. The monoisotopic (exact) mass is 256 g/mol. The van der Waals surface area contributed by atoms with Crippen LogP contribution in [0.25, 0.3) is 0 Å². The van der Waals surface area contributed by atoms with Crippen LogP contribution >= 0.6 is 0 Å². The van der Waals surface area contributed by atoms with Gasteiger partial charge in [0.15, 0.2) is 11.5 Å². The first-order chi connectivity index (χ1) is 8.60. The zero-order valence-corrected chi connectivity index (χ0v) is 9.97. The highest BCUT2D eigenvalue weighted by Crippen LogP contribution is 2.48. The summed E-state index contributed by atoms with van der Waals surface area (Å²) >= 11 is 0. The van der Waals surface area contributed by atoms with E-state index in [-0.39, 0.29) is 24.0 Å². The zero-order valence-electron chi connectivity index (χ0n) is 9.97. The first-order valence-corrected chi connectivity index (χ1v) is 5.54. The second kappa shape index (κ2) is 3.81. The number of hydrogen-bond acceptors (Lipinski definition) is 5. The number of aliphatic hydroxyl groups is 1. The molecule has 0 amide bonds. The molecule has 18 heavy (non-hydrogen) atoms. The lowest BCUT2D eigenvalue weighted by Gasteiger charge is -2.24. The van der Waals surface area contributed by atoms with Crippen LogP contribution in [0.15, 0.2) is 12.1 Å². The molecule has 0 aromatic heterocycles.